The van der Waals surface area contributed by atoms with Crippen LogP contribution in [0.25, 0.3) is 16.5 Å². The molecule has 3 heterocycles. The molecule has 1 saturated heterocycles. The van der Waals surface area contributed by atoms with Gasteiger partial charge in [0, 0.05) is 34.1 Å². The molecule has 0 spiro atoms. The molecule has 146 valence electrons. The van der Waals surface area contributed by atoms with Crippen molar-refractivity contribution in [3.8, 4) is 0 Å². The number of hydrogen-bond donors (Lipinski definition) is 3. The second-order valence-corrected chi connectivity index (χ2v) is 7.46. The highest BCUT2D eigenvalue weighted by Gasteiger charge is 2.45. The fraction of sp³-hybridized carbons (Fsp3) is 0.217. The summed E-state index contributed by atoms with van der Waals surface area (Å²) in [6.45, 7) is 0.835. The Morgan fingerprint density at radius 2 is 1.82 bits per heavy atom. The highest BCUT2D eigenvalue weighted by Crippen LogP contribution is 2.41. The van der Waals surface area contributed by atoms with Crippen molar-refractivity contribution < 1.29 is 13.9 Å². The van der Waals surface area contributed by atoms with Gasteiger partial charge in [0.25, 0.3) is 0 Å². The van der Waals surface area contributed by atoms with E-state index in [0.717, 1.165) is 47.0 Å². The number of carbonyl (C=O) groups is 2. The van der Waals surface area contributed by atoms with E-state index in [9.17, 15) is 9.59 Å². The number of aromatic amines is 1. The Kier molecular flexibility index (Phi) is 4.01. The van der Waals surface area contributed by atoms with Gasteiger partial charge in [0.15, 0.2) is 0 Å². The van der Waals surface area contributed by atoms with Crippen molar-refractivity contribution in [2.75, 3.05) is 6.54 Å². The number of para-hydroxylation sites is 1. The summed E-state index contributed by atoms with van der Waals surface area (Å²) in [4.78, 5) is 29.0. The molecule has 1 aromatic heterocycles. The average molecular weight is 377 g/mol. The van der Waals surface area contributed by atoms with Crippen LogP contribution in [-0.4, -0.2) is 23.3 Å². The third-order valence-electron chi connectivity index (χ3n) is 5.74. The highest BCUT2D eigenvalue weighted by molar-refractivity contribution is 6.14. The van der Waals surface area contributed by atoms with Gasteiger partial charge < -0.3 is 10.3 Å². The number of fused-ring (bicyclic) bond motifs is 3. The van der Waals surface area contributed by atoms with Crippen molar-refractivity contribution in [1.82, 2.24) is 15.6 Å². The summed E-state index contributed by atoms with van der Waals surface area (Å²) in [7, 11) is 0. The molecule has 0 radical (unpaired) electrons. The predicted molar refractivity (Wildman–Crippen MR) is 115 cm³/mol. The minimum atomic E-state index is -0.562. The van der Waals surface area contributed by atoms with Crippen molar-refractivity contribution >= 4 is 28.3 Å². The number of aromatic nitrogens is 1. The lowest BCUT2D eigenvalue weighted by Crippen LogP contribution is -2.23. The Bertz CT molecular complexity index is 1130. The molecule has 2 atom stereocenters. The number of imide groups is 1. The van der Waals surface area contributed by atoms with E-state index in [1.54, 1.807) is 0 Å². The van der Waals surface area contributed by atoms with E-state index in [2.05, 4.69) is 27.8 Å². The molecule has 2 amide bonds. The van der Waals surface area contributed by atoms with E-state index in [-0.39, 0.29) is 16.1 Å². The second kappa shape index (κ2) is 6.68. The molecule has 2 bridgehead atoms. The van der Waals surface area contributed by atoms with E-state index in [0.29, 0.717) is 0 Å². The summed E-state index contributed by atoms with van der Waals surface area (Å²) < 4.78 is 0. The molecule has 0 aliphatic carbocycles. The number of amides is 2. The van der Waals surface area contributed by atoms with E-state index >= 15 is 0 Å². The van der Waals surface area contributed by atoms with E-state index in [1.165, 1.54) is 5.56 Å². The Labute approximate surface area is 167 Å². The van der Waals surface area contributed by atoms with Crippen LogP contribution in [0.1, 0.15) is 33.3 Å². The van der Waals surface area contributed by atoms with Crippen LogP contribution in [0.2, 0.25) is 0 Å². The fourth-order valence-electron chi connectivity index (χ4n) is 4.41. The monoisotopic (exact) mass is 377 g/mol. The smallest absolute Gasteiger partial charge is 0.235 e. The number of H-pyrrole nitrogens is 1. The van der Waals surface area contributed by atoms with Gasteiger partial charge in [-0.1, -0.05) is 42.5 Å². The first kappa shape index (κ1) is 16.8. The Morgan fingerprint density at radius 1 is 0.964 bits per heavy atom. The molecule has 2 aliphatic heterocycles. The van der Waals surface area contributed by atoms with Crippen LogP contribution >= 0.6 is 0 Å². The summed E-state index contributed by atoms with van der Waals surface area (Å²) in [5.74, 6) is -1.59. The second-order valence-electron chi connectivity index (χ2n) is 7.46. The van der Waals surface area contributed by atoms with Gasteiger partial charge >= 0.3 is 0 Å². The molecular weight excluding hydrogens is 350 g/mol. The topological polar surface area (TPSA) is 74.0 Å². The molecule has 5 rings (SSSR count). The van der Waals surface area contributed by atoms with Crippen LogP contribution in [0, 0.1) is 5.92 Å². The predicted octanol–water partition coefficient (Wildman–Crippen LogP) is 3.84. The molecule has 3 N–H and O–H groups in total. The molecule has 1 fully saturated rings. The normalized spacial score (nSPS) is 23.9. The lowest BCUT2D eigenvalue weighted by molar-refractivity contribution is -0.125. The summed E-state index contributed by atoms with van der Waals surface area (Å²) in [5.41, 5.74) is 4.93. The van der Waals surface area contributed by atoms with Gasteiger partial charge in [-0.3, -0.25) is 14.9 Å². The van der Waals surface area contributed by atoms with Crippen LogP contribution in [0.15, 0.2) is 60.9 Å². The lowest BCUT2D eigenvalue weighted by atomic mass is 9.80. The minimum Gasteiger partial charge on any atom is -0.391 e. The zero-order valence-corrected chi connectivity index (χ0v) is 15.4. The van der Waals surface area contributed by atoms with Crippen LogP contribution in [0.5, 0.6) is 0 Å². The van der Waals surface area contributed by atoms with Crippen LogP contribution in [0.3, 0.4) is 0 Å². The van der Waals surface area contributed by atoms with Crippen molar-refractivity contribution in [3.05, 3.63) is 77.6 Å². The zero-order chi connectivity index (χ0) is 19.1. The lowest BCUT2D eigenvalue weighted by Gasteiger charge is -2.19. The van der Waals surface area contributed by atoms with Gasteiger partial charge in [0.1, 0.15) is 0 Å². The van der Waals surface area contributed by atoms with Crippen molar-refractivity contribution in [3.63, 3.8) is 0 Å². The first-order valence-corrected chi connectivity index (χ1v) is 9.66. The first-order valence-electron chi connectivity index (χ1n) is 9.66. The van der Waals surface area contributed by atoms with Gasteiger partial charge in [0.05, 0.1) is 11.8 Å². The van der Waals surface area contributed by atoms with E-state index < -0.39 is 11.8 Å². The summed E-state index contributed by atoms with van der Waals surface area (Å²) in [6, 6.07) is 16.2. The zero-order valence-electron chi connectivity index (χ0n) is 15.4. The van der Waals surface area contributed by atoms with Gasteiger partial charge in [-0.15, -0.1) is 0 Å². The number of aryl methyl sites for hydroxylation is 1. The summed E-state index contributed by atoms with van der Waals surface area (Å²) in [6.07, 6.45) is 5.80. The summed E-state index contributed by atoms with van der Waals surface area (Å²) >= 11 is 0. The minimum absolute atomic E-state index is 0. The Morgan fingerprint density at radius 3 is 2.75 bits per heavy atom. The number of carbonyl (C=O) groups excluding carboxylic acids is 2. The molecule has 3 aromatic rings. The largest absolute Gasteiger partial charge is 0.391 e. The average Bonchev–Trinajstić information content (AvgIpc) is 3.25. The number of rotatable bonds is 2. The van der Waals surface area contributed by atoms with Gasteiger partial charge in [-0.05, 0) is 41.2 Å². The summed E-state index contributed by atoms with van der Waals surface area (Å²) in [5, 5.41) is 6.89. The number of nitrogens with one attached hydrogen (secondary N) is 3. The Balaban J connectivity index is 0.00000114. The van der Waals surface area contributed by atoms with Crippen LogP contribution in [0.4, 0.5) is 0 Å². The van der Waals surface area contributed by atoms with E-state index in [1.807, 2.05) is 48.8 Å². The maximum Gasteiger partial charge on any atom is 0.235 e. The Hall–Kier alpha value is -3.34. The molecule has 5 nitrogen and oxygen atoms in total. The molecule has 5 heteroatoms. The van der Waals surface area contributed by atoms with Crippen molar-refractivity contribution in [1.29, 1.82) is 0 Å². The molecular formula is C23H27N3O2. The number of benzene rings is 2. The van der Waals surface area contributed by atoms with Crippen LogP contribution in [-0.2, 0) is 16.0 Å². The molecule has 0 saturated carbocycles. The third-order valence-corrected chi connectivity index (χ3v) is 5.74. The highest BCUT2D eigenvalue weighted by atomic mass is 16.2. The third kappa shape index (κ3) is 2.71. The SMILES string of the molecule is O=C1NC(=O)[C@@H](c2c[nH]c3ccccc23)C1/C1=C/NCCCc2cccc1c2.[HH].[HH].[HH]. The molecule has 28 heavy (non-hydrogen) atoms. The van der Waals surface area contributed by atoms with Gasteiger partial charge in [-0.2, -0.15) is 0 Å². The quantitative estimate of drug-likeness (QED) is 0.594. The fourth-order valence-corrected chi connectivity index (χ4v) is 4.41. The van der Waals surface area contributed by atoms with Gasteiger partial charge in [-0.25, -0.2) is 0 Å². The van der Waals surface area contributed by atoms with Crippen molar-refractivity contribution in [2.45, 2.75) is 18.8 Å². The maximum atomic E-state index is 12.9. The molecule has 2 aromatic carbocycles. The van der Waals surface area contributed by atoms with Crippen molar-refractivity contribution in [2.24, 2.45) is 5.92 Å². The molecule has 1 unspecified atom stereocenters. The van der Waals surface area contributed by atoms with Crippen LogP contribution < -0.4 is 10.6 Å². The molecule has 2 aliphatic rings. The first-order chi connectivity index (χ1) is 13.7. The van der Waals surface area contributed by atoms with Gasteiger partial charge in [0.2, 0.25) is 11.8 Å². The standard InChI is InChI=1S/C23H21N3O2.3H2/c27-22-20(17-12-24-10-4-6-14-5-3-7-15(17)11-14)21(23(28)26-22)18-13-25-19-9-2-1-8-16(18)19;;;/h1-3,5,7-9,11-13,20-21,24-25H,4,6,10H2,(H,26,27,28);3*1H/b17-12+;;;/t20?,21-;;;/m0.../s1. The van der Waals surface area contributed by atoms with E-state index in [4.69, 9.17) is 0 Å². The number of hydrogen-bond acceptors (Lipinski definition) is 3. The maximum absolute atomic E-state index is 12.9.